The highest BCUT2D eigenvalue weighted by molar-refractivity contribution is 5.81. The first kappa shape index (κ1) is 16.7. The highest BCUT2D eigenvalue weighted by Crippen LogP contribution is 2.25. The van der Waals surface area contributed by atoms with Gasteiger partial charge in [-0.2, -0.15) is 0 Å². The molecule has 0 spiro atoms. The second-order valence-electron chi connectivity index (χ2n) is 7.10. The normalized spacial score (nSPS) is 14.4. The molecular weight excluding hydrogens is 326 g/mol. The highest BCUT2D eigenvalue weighted by atomic mass is 16.1. The van der Waals surface area contributed by atoms with Gasteiger partial charge in [0.1, 0.15) is 11.6 Å². The van der Waals surface area contributed by atoms with Gasteiger partial charge in [-0.05, 0) is 25.5 Å². The molecule has 0 fully saturated rings. The molecule has 1 aromatic carbocycles. The van der Waals surface area contributed by atoms with Gasteiger partial charge in [-0.3, -0.25) is 9.69 Å². The lowest BCUT2D eigenvalue weighted by atomic mass is 10.0. The number of rotatable bonds is 3. The number of aromatic nitrogens is 3. The van der Waals surface area contributed by atoms with Crippen molar-refractivity contribution in [2.75, 3.05) is 25.5 Å². The summed E-state index contributed by atoms with van der Waals surface area (Å²) in [4.78, 5) is 28.7. The van der Waals surface area contributed by atoms with Crippen LogP contribution in [0.3, 0.4) is 0 Å². The van der Waals surface area contributed by atoms with Gasteiger partial charge in [-0.15, -0.1) is 0 Å². The number of benzene rings is 1. The van der Waals surface area contributed by atoms with Gasteiger partial charge in [0.15, 0.2) is 0 Å². The maximum absolute atomic E-state index is 12.1. The molecule has 1 aliphatic heterocycles. The maximum Gasteiger partial charge on any atom is 0.254 e. The van der Waals surface area contributed by atoms with E-state index >= 15 is 0 Å². The number of aromatic amines is 1. The summed E-state index contributed by atoms with van der Waals surface area (Å²) in [5.74, 6) is 1.67. The minimum atomic E-state index is 0.00787. The monoisotopic (exact) mass is 349 g/mol. The maximum atomic E-state index is 12.1. The summed E-state index contributed by atoms with van der Waals surface area (Å²) < 4.78 is 0. The largest absolute Gasteiger partial charge is 0.362 e. The van der Waals surface area contributed by atoms with Crippen molar-refractivity contribution in [2.24, 2.45) is 0 Å². The van der Waals surface area contributed by atoms with E-state index < -0.39 is 0 Å². The van der Waals surface area contributed by atoms with Crippen molar-refractivity contribution >= 4 is 16.7 Å². The Morgan fingerprint density at radius 2 is 2.04 bits per heavy atom. The van der Waals surface area contributed by atoms with Crippen LogP contribution in [0.1, 0.15) is 22.6 Å². The van der Waals surface area contributed by atoms with Gasteiger partial charge >= 0.3 is 0 Å². The molecule has 6 heteroatoms. The number of H-pyrrole nitrogens is 1. The fourth-order valence-corrected chi connectivity index (χ4v) is 3.65. The van der Waals surface area contributed by atoms with Crippen LogP contribution in [0, 0.1) is 6.92 Å². The Bertz CT molecular complexity index is 1020. The zero-order valence-corrected chi connectivity index (χ0v) is 15.4. The van der Waals surface area contributed by atoms with Crippen molar-refractivity contribution in [2.45, 2.75) is 26.4 Å². The third-order valence-electron chi connectivity index (χ3n) is 4.87. The molecule has 6 nitrogen and oxygen atoms in total. The van der Waals surface area contributed by atoms with Gasteiger partial charge in [-0.25, -0.2) is 9.97 Å². The quantitative estimate of drug-likeness (QED) is 0.786. The molecule has 1 N–H and O–H groups in total. The molecular formula is C20H23N5O. The van der Waals surface area contributed by atoms with Crippen LogP contribution >= 0.6 is 0 Å². The van der Waals surface area contributed by atoms with Crippen molar-refractivity contribution in [1.29, 1.82) is 0 Å². The first-order valence-electron chi connectivity index (χ1n) is 8.88. The molecule has 3 aromatic rings. The fourth-order valence-electron chi connectivity index (χ4n) is 3.65. The number of fused-ring (bicyclic) bond motifs is 2. The predicted molar refractivity (Wildman–Crippen MR) is 103 cm³/mol. The van der Waals surface area contributed by atoms with Crippen molar-refractivity contribution in [3.05, 3.63) is 63.3 Å². The number of anilines is 1. The molecule has 0 radical (unpaired) electrons. The lowest BCUT2D eigenvalue weighted by molar-refractivity contribution is 0.240. The molecule has 134 valence electrons. The Labute approximate surface area is 152 Å². The number of aryl methyl sites for hydroxylation is 1. The zero-order valence-electron chi connectivity index (χ0n) is 15.4. The van der Waals surface area contributed by atoms with E-state index in [0.717, 1.165) is 47.5 Å². The molecule has 2 aromatic heterocycles. The second-order valence-corrected chi connectivity index (χ2v) is 7.10. The number of nitrogens with one attached hydrogen (secondary N) is 1. The second kappa shape index (κ2) is 6.53. The predicted octanol–water partition coefficient (Wildman–Crippen LogP) is 2.25. The van der Waals surface area contributed by atoms with Gasteiger partial charge < -0.3 is 9.88 Å². The van der Waals surface area contributed by atoms with Gasteiger partial charge in [0.05, 0.1) is 11.2 Å². The minimum absolute atomic E-state index is 0.00787. The van der Waals surface area contributed by atoms with Crippen LogP contribution in [-0.4, -0.2) is 40.5 Å². The minimum Gasteiger partial charge on any atom is -0.362 e. The fraction of sp³-hybridized carbons (Fsp3) is 0.350. The number of pyridine rings is 1. The third-order valence-corrected chi connectivity index (χ3v) is 4.87. The van der Waals surface area contributed by atoms with E-state index in [9.17, 15) is 4.79 Å². The van der Waals surface area contributed by atoms with Gasteiger partial charge in [0.2, 0.25) is 0 Å². The van der Waals surface area contributed by atoms with Crippen molar-refractivity contribution in [3.8, 4) is 0 Å². The number of nitrogens with zero attached hydrogens (tertiary/aromatic N) is 4. The topological polar surface area (TPSA) is 65.1 Å². The molecule has 0 atom stereocenters. The van der Waals surface area contributed by atoms with E-state index in [0.29, 0.717) is 12.4 Å². The number of para-hydroxylation sites is 1. The van der Waals surface area contributed by atoms with Crippen molar-refractivity contribution in [1.82, 2.24) is 19.9 Å². The van der Waals surface area contributed by atoms with Crippen LogP contribution in [-0.2, 0) is 19.5 Å². The van der Waals surface area contributed by atoms with Crippen LogP contribution in [0.15, 0.2) is 35.1 Å². The number of hydrogen-bond donors (Lipinski definition) is 1. The molecule has 0 bridgehead atoms. The van der Waals surface area contributed by atoms with E-state index in [1.54, 1.807) is 0 Å². The smallest absolute Gasteiger partial charge is 0.254 e. The first-order chi connectivity index (χ1) is 12.5. The first-order valence-corrected chi connectivity index (χ1v) is 8.88. The zero-order chi connectivity index (χ0) is 18.3. The van der Waals surface area contributed by atoms with E-state index in [2.05, 4.69) is 31.9 Å². The highest BCUT2D eigenvalue weighted by Gasteiger charge is 2.22. The molecule has 1 aliphatic rings. The lowest BCUT2D eigenvalue weighted by Crippen LogP contribution is -2.35. The Morgan fingerprint density at radius 1 is 1.23 bits per heavy atom. The molecule has 0 aliphatic carbocycles. The van der Waals surface area contributed by atoms with Gasteiger partial charge in [0.25, 0.3) is 5.56 Å². The molecule has 26 heavy (non-hydrogen) atoms. The molecule has 0 saturated heterocycles. The van der Waals surface area contributed by atoms with Gasteiger partial charge in [-0.1, -0.05) is 18.2 Å². The van der Waals surface area contributed by atoms with E-state index in [1.165, 1.54) is 5.56 Å². The summed E-state index contributed by atoms with van der Waals surface area (Å²) >= 11 is 0. The Kier molecular flexibility index (Phi) is 4.20. The lowest BCUT2D eigenvalue weighted by Gasteiger charge is -2.29. The van der Waals surface area contributed by atoms with Crippen LogP contribution in [0.2, 0.25) is 0 Å². The SMILES string of the molecule is Cc1nc2c(c(=O)[nH]1)CCN(Cc1cc3ccccc3nc1N(C)C)C2. The molecule has 0 amide bonds. The summed E-state index contributed by atoms with van der Waals surface area (Å²) in [5.41, 5.74) is 3.94. The average Bonchev–Trinajstić information content (AvgIpc) is 2.60. The van der Waals surface area contributed by atoms with Crippen LogP contribution in [0.5, 0.6) is 0 Å². The molecule has 3 heterocycles. The Hall–Kier alpha value is -2.73. The third kappa shape index (κ3) is 3.08. The summed E-state index contributed by atoms with van der Waals surface area (Å²) in [6.45, 7) is 4.16. The van der Waals surface area contributed by atoms with Crippen LogP contribution in [0.4, 0.5) is 5.82 Å². The summed E-state index contributed by atoms with van der Waals surface area (Å²) in [6.07, 6.45) is 0.732. The van der Waals surface area contributed by atoms with E-state index in [4.69, 9.17) is 4.98 Å². The van der Waals surface area contributed by atoms with E-state index in [-0.39, 0.29) is 5.56 Å². The standard InChI is InChI=1S/C20H23N5O/c1-13-21-18-12-25(9-8-16(18)20(26)22-13)11-15-10-14-6-4-5-7-17(14)23-19(15)24(2)3/h4-7,10H,8-9,11-12H2,1-3H3,(H,21,22,26). The van der Waals surface area contributed by atoms with E-state index in [1.807, 2.05) is 39.2 Å². The average molecular weight is 349 g/mol. The summed E-state index contributed by atoms with van der Waals surface area (Å²) in [6, 6.07) is 10.4. The van der Waals surface area contributed by atoms with Crippen molar-refractivity contribution < 1.29 is 0 Å². The summed E-state index contributed by atoms with van der Waals surface area (Å²) in [7, 11) is 4.05. The van der Waals surface area contributed by atoms with Gasteiger partial charge in [0, 0.05) is 50.2 Å². The van der Waals surface area contributed by atoms with Crippen LogP contribution in [0.25, 0.3) is 10.9 Å². The Balaban J connectivity index is 1.67. The molecule has 0 unspecified atom stereocenters. The van der Waals surface area contributed by atoms with Crippen molar-refractivity contribution in [3.63, 3.8) is 0 Å². The number of hydrogen-bond acceptors (Lipinski definition) is 5. The van der Waals surface area contributed by atoms with Crippen LogP contribution < -0.4 is 10.5 Å². The Morgan fingerprint density at radius 3 is 2.85 bits per heavy atom. The summed E-state index contributed by atoms with van der Waals surface area (Å²) in [5, 5.41) is 1.15. The molecule has 0 saturated carbocycles. The molecule has 4 rings (SSSR count).